The summed E-state index contributed by atoms with van der Waals surface area (Å²) in [6.07, 6.45) is 0.955. The zero-order valence-electron chi connectivity index (χ0n) is 17.1. The molecule has 2 aromatic rings. The van der Waals surface area contributed by atoms with Crippen LogP contribution < -0.4 is 4.90 Å². The largest absolute Gasteiger partial charge is 0.367 e. The predicted molar refractivity (Wildman–Crippen MR) is 105 cm³/mol. The minimum absolute atomic E-state index is 0.124. The molecule has 0 amide bonds. The van der Waals surface area contributed by atoms with Crippen LogP contribution in [0.2, 0.25) is 0 Å². The number of nitrogens with zero attached hydrogens (tertiary/aromatic N) is 6. The number of hydrogen-bond acceptors (Lipinski definition) is 5. The van der Waals surface area contributed by atoms with Crippen molar-refractivity contribution in [2.75, 3.05) is 31.1 Å². The highest BCUT2D eigenvalue weighted by Gasteiger charge is 2.34. The summed E-state index contributed by atoms with van der Waals surface area (Å²) in [5.41, 5.74) is 0.566. The second-order valence-corrected chi connectivity index (χ2v) is 8.28. The molecule has 0 spiro atoms. The van der Waals surface area contributed by atoms with Crippen LogP contribution >= 0.6 is 0 Å². The van der Waals surface area contributed by atoms with Crippen molar-refractivity contribution in [3.8, 4) is 0 Å². The number of para-hydroxylation sites is 1. The fourth-order valence-electron chi connectivity index (χ4n) is 3.79. The van der Waals surface area contributed by atoms with E-state index in [9.17, 15) is 4.39 Å². The summed E-state index contributed by atoms with van der Waals surface area (Å²) in [6.45, 7) is 14.2. The van der Waals surface area contributed by atoms with Gasteiger partial charge < -0.3 is 4.90 Å². The molecule has 0 bridgehead atoms. The van der Waals surface area contributed by atoms with Gasteiger partial charge in [-0.05, 0) is 48.7 Å². The molecule has 0 N–H and O–H groups in total. The molecule has 148 valence electrons. The number of tetrazole rings is 1. The Balaban J connectivity index is 1.79. The molecule has 0 radical (unpaired) electrons. The molecule has 1 aliphatic rings. The number of aromatic nitrogens is 4. The zero-order chi connectivity index (χ0) is 19.6. The summed E-state index contributed by atoms with van der Waals surface area (Å²) >= 11 is 0. The van der Waals surface area contributed by atoms with Crippen molar-refractivity contribution in [2.24, 2.45) is 5.92 Å². The number of benzene rings is 1. The Hall–Kier alpha value is -2.02. The van der Waals surface area contributed by atoms with Gasteiger partial charge in [0.2, 0.25) is 0 Å². The molecule has 6 nitrogen and oxygen atoms in total. The summed E-state index contributed by atoms with van der Waals surface area (Å²) in [5.74, 6) is 1.15. The van der Waals surface area contributed by atoms with E-state index in [4.69, 9.17) is 0 Å². The lowest BCUT2D eigenvalue weighted by Gasteiger charge is -2.41. The summed E-state index contributed by atoms with van der Waals surface area (Å²) < 4.78 is 16.1. The Morgan fingerprint density at radius 2 is 1.78 bits per heavy atom. The third kappa shape index (κ3) is 3.98. The van der Waals surface area contributed by atoms with Crippen LogP contribution in [0.3, 0.4) is 0 Å². The molecule has 1 fully saturated rings. The van der Waals surface area contributed by atoms with E-state index in [0.717, 1.165) is 38.4 Å². The molecule has 2 heterocycles. The Labute approximate surface area is 161 Å². The average molecular weight is 375 g/mol. The molecule has 0 aliphatic carbocycles. The van der Waals surface area contributed by atoms with Crippen LogP contribution in [0.4, 0.5) is 10.1 Å². The number of hydrogen-bond donors (Lipinski definition) is 0. The van der Waals surface area contributed by atoms with Gasteiger partial charge in [0, 0.05) is 26.2 Å². The summed E-state index contributed by atoms with van der Waals surface area (Å²) in [6, 6.07) is 7.16. The third-order valence-electron chi connectivity index (χ3n) is 5.73. The molecule has 1 atom stereocenters. The first-order chi connectivity index (χ1) is 12.8. The molecule has 27 heavy (non-hydrogen) atoms. The molecule has 0 unspecified atom stereocenters. The highest BCUT2D eigenvalue weighted by molar-refractivity contribution is 5.48. The summed E-state index contributed by atoms with van der Waals surface area (Å²) in [5, 5.41) is 12.7. The minimum Gasteiger partial charge on any atom is -0.367 e. The van der Waals surface area contributed by atoms with Crippen molar-refractivity contribution in [3.05, 3.63) is 35.9 Å². The van der Waals surface area contributed by atoms with E-state index < -0.39 is 0 Å². The van der Waals surface area contributed by atoms with Crippen LogP contribution in [-0.2, 0) is 5.54 Å². The quantitative estimate of drug-likeness (QED) is 0.775. The number of rotatable bonds is 6. The van der Waals surface area contributed by atoms with E-state index in [1.165, 1.54) is 6.07 Å². The highest BCUT2D eigenvalue weighted by Crippen LogP contribution is 2.32. The van der Waals surface area contributed by atoms with Gasteiger partial charge in [-0.2, -0.15) is 0 Å². The monoisotopic (exact) mass is 374 g/mol. The summed E-state index contributed by atoms with van der Waals surface area (Å²) in [7, 11) is 0. The van der Waals surface area contributed by atoms with Crippen LogP contribution in [0.15, 0.2) is 24.3 Å². The average Bonchev–Trinajstić information content (AvgIpc) is 3.13. The summed E-state index contributed by atoms with van der Waals surface area (Å²) in [4.78, 5) is 4.57. The molecule has 1 aromatic heterocycles. The molecule has 0 saturated carbocycles. The maximum atomic E-state index is 14.1. The van der Waals surface area contributed by atoms with Gasteiger partial charge in [0.25, 0.3) is 0 Å². The Morgan fingerprint density at radius 3 is 2.37 bits per heavy atom. The Kier molecular flexibility index (Phi) is 5.79. The van der Waals surface area contributed by atoms with E-state index in [2.05, 4.69) is 59.9 Å². The van der Waals surface area contributed by atoms with Crippen molar-refractivity contribution >= 4 is 5.69 Å². The van der Waals surface area contributed by atoms with E-state index in [1.54, 1.807) is 6.07 Å². The van der Waals surface area contributed by atoms with Crippen LogP contribution in [0, 0.1) is 11.7 Å². The van der Waals surface area contributed by atoms with Crippen LogP contribution in [-0.4, -0.2) is 51.3 Å². The smallest absolute Gasteiger partial charge is 0.169 e. The fraction of sp³-hybridized carbons (Fsp3) is 0.650. The van der Waals surface area contributed by atoms with Crippen molar-refractivity contribution < 1.29 is 4.39 Å². The number of piperazine rings is 1. The SMILES string of the molecule is CCC(C)(C)n1nnnc1[C@@H](C(C)C)N1CCN(c2ccccc2F)CC1. The standard InChI is InChI=1S/C20H31FN6/c1-6-20(4,5)27-19(22-23-24-27)18(15(2)3)26-13-11-25(12-14-26)17-10-8-7-9-16(17)21/h7-10,15,18H,6,11-14H2,1-5H3/t18-/m1/s1. The first kappa shape index (κ1) is 19.7. The molecular formula is C20H31FN6. The van der Waals surface area contributed by atoms with Crippen molar-refractivity contribution in [1.29, 1.82) is 0 Å². The second-order valence-electron chi connectivity index (χ2n) is 8.28. The fourth-order valence-corrected chi connectivity index (χ4v) is 3.79. The maximum Gasteiger partial charge on any atom is 0.169 e. The van der Waals surface area contributed by atoms with Crippen molar-refractivity contribution in [1.82, 2.24) is 25.1 Å². The van der Waals surface area contributed by atoms with Gasteiger partial charge in [-0.15, -0.1) is 5.10 Å². The Morgan fingerprint density at radius 1 is 1.11 bits per heavy atom. The molecular weight excluding hydrogens is 343 g/mol. The van der Waals surface area contributed by atoms with Crippen LogP contribution in [0.1, 0.15) is 52.9 Å². The lowest BCUT2D eigenvalue weighted by molar-refractivity contribution is 0.126. The first-order valence-electron chi connectivity index (χ1n) is 9.87. The van der Waals surface area contributed by atoms with Gasteiger partial charge in [-0.25, -0.2) is 9.07 Å². The molecule has 1 aliphatic heterocycles. The van der Waals surface area contributed by atoms with Crippen LogP contribution in [0.25, 0.3) is 0 Å². The van der Waals surface area contributed by atoms with E-state index >= 15 is 0 Å². The van der Waals surface area contributed by atoms with E-state index in [-0.39, 0.29) is 17.4 Å². The van der Waals surface area contributed by atoms with E-state index in [1.807, 2.05) is 16.8 Å². The zero-order valence-corrected chi connectivity index (χ0v) is 17.1. The topological polar surface area (TPSA) is 50.1 Å². The Bertz CT molecular complexity index is 748. The van der Waals surface area contributed by atoms with Gasteiger partial charge in [0.05, 0.1) is 17.3 Å². The second kappa shape index (κ2) is 7.92. The van der Waals surface area contributed by atoms with Crippen LogP contribution in [0.5, 0.6) is 0 Å². The predicted octanol–water partition coefficient (Wildman–Crippen LogP) is 3.48. The first-order valence-corrected chi connectivity index (χ1v) is 9.87. The highest BCUT2D eigenvalue weighted by atomic mass is 19.1. The van der Waals surface area contributed by atoms with Gasteiger partial charge >= 0.3 is 0 Å². The molecule has 1 aromatic carbocycles. The van der Waals surface area contributed by atoms with E-state index in [0.29, 0.717) is 11.6 Å². The number of halogens is 1. The normalized spacial score (nSPS) is 17.5. The van der Waals surface area contributed by atoms with Gasteiger partial charge in [0.15, 0.2) is 5.82 Å². The minimum atomic E-state index is -0.153. The van der Waals surface area contributed by atoms with Gasteiger partial charge in [-0.3, -0.25) is 4.90 Å². The lowest BCUT2D eigenvalue weighted by Crippen LogP contribution is -2.49. The van der Waals surface area contributed by atoms with Crippen molar-refractivity contribution in [2.45, 2.75) is 52.6 Å². The lowest BCUT2D eigenvalue weighted by atomic mass is 9.97. The third-order valence-corrected chi connectivity index (χ3v) is 5.73. The molecule has 1 saturated heterocycles. The van der Waals surface area contributed by atoms with Gasteiger partial charge in [-0.1, -0.05) is 32.9 Å². The number of anilines is 1. The molecule has 7 heteroatoms. The van der Waals surface area contributed by atoms with Crippen molar-refractivity contribution in [3.63, 3.8) is 0 Å². The molecule has 3 rings (SSSR count). The van der Waals surface area contributed by atoms with Gasteiger partial charge in [0.1, 0.15) is 5.82 Å². The maximum absolute atomic E-state index is 14.1.